The number of aliphatic hydroxyl groups is 1. The van der Waals surface area contributed by atoms with Crippen molar-refractivity contribution in [1.29, 1.82) is 0 Å². The molecule has 1 N–H and O–H groups in total. The van der Waals surface area contributed by atoms with Crippen molar-refractivity contribution in [2.45, 2.75) is 25.4 Å². The van der Waals surface area contributed by atoms with E-state index in [1.165, 1.54) is 18.2 Å². The zero-order valence-corrected chi connectivity index (χ0v) is 17.3. The van der Waals surface area contributed by atoms with Crippen LogP contribution in [0.15, 0.2) is 42.1 Å². The van der Waals surface area contributed by atoms with Crippen molar-refractivity contribution in [3.8, 4) is 11.9 Å². The number of aromatic nitrogens is 2. The van der Waals surface area contributed by atoms with E-state index in [-0.39, 0.29) is 11.9 Å². The smallest absolute Gasteiger partial charge is 0.319 e. The van der Waals surface area contributed by atoms with E-state index >= 15 is 0 Å². The molecule has 1 aliphatic carbocycles. The van der Waals surface area contributed by atoms with Gasteiger partial charge in [-0.1, -0.05) is 42.0 Å². The average Bonchev–Trinajstić information content (AvgIpc) is 3.28. The fourth-order valence-electron chi connectivity index (χ4n) is 4.98. The van der Waals surface area contributed by atoms with Crippen LogP contribution in [0.4, 0.5) is 0 Å². The maximum Gasteiger partial charge on any atom is 0.319 e. The lowest BCUT2D eigenvalue weighted by atomic mass is 9.83. The van der Waals surface area contributed by atoms with E-state index < -0.39 is 5.60 Å². The molecule has 3 atom stereocenters. The number of rotatable bonds is 6. The molecule has 1 aromatic heterocycles. The summed E-state index contributed by atoms with van der Waals surface area (Å²) in [6, 6.07) is 10.6. The molecule has 0 spiro atoms. The SMILES string of the molecule is COc1ncc([C@@]2(O)CC[C@@H]3CN(CC(C)=Cc4ccccc4)C[C@@H]32)c(OC)n1. The monoisotopic (exact) mass is 395 g/mol. The Morgan fingerprint density at radius 1 is 1.24 bits per heavy atom. The van der Waals surface area contributed by atoms with Gasteiger partial charge in [0.15, 0.2) is 0 Å². The second kappa shape index (κ2) is 8.13. The highest BCUT2D eigenvalue weighted by Crippen LogP contribution is 2.52. The van der Waals surface area contributed by atoms with Gasteiger partial charge >= 0.3 is 6.01 Å². The van der Waals surface area contributed by atoms with Crippen LogP contribution in [0.2, 0.25) is 0 Å². The third-order valence-electron chi connectivity index (χ3n) is 6.29. The van der Waals surface area contributed by atoms with Crippen molar-refractivity contribution < 1.29 is 14.6 Å². The predicted molar refractivity (Wildman–Crippen MR) is 112 cm³/mol. The molecule has 1 aromatic carbocycles. The van der Waals surface area contributed by atoms with Gasteiger partial charge in [-0.2, -0.15) is 4.98 Å². The lowest BCUT2D eigenvalue weighted by Crippen LogP contribution is -2.35. The molecule has 2 heterocycles. The normalized spacial score (nSPS) is 27.1. The number of hydrogen-bond donors (Lipinski definition) is 1. The van der Waals surface area contributed by atoms with Gasteiger partial charge in [0.2, 0.25) is 5.88 Å². The molecule has 6 nitrogen and oxygen atoms in total. The van der Waals surface area contributed by atoms with E-state index in [1.54, 1.807) is 13.3 Å². The minimum absolute atomic E-state index is 0.151. The molecule has 0 bridgehead atoms. The number of ether oxygens (including phenoxy) is 2. The Hall–Kier alpha value is -2.44. The first-order chi connectivity index (χ1) is 14.0. The van der Waals surface area contributed by atoms with Gasteiger partial charge < -0.3 is 14.6 Å². The Bertz CT molecular complexity index is 886. The first kappa shape index (κ1) is 19.9. The zero-order valence-electron chi connectivity index (χ0n) is 17.3. The second-order valence-electron chi connectivity index (χ2n) is 8.20. The summed E-state index contributed by atoms with van der Waals surface area (Å²) in [5, 5.41) is 11.7. The number of hydrogen-bond acceptors (Lipinski definition) is 6. The van der Waals surface area contributed by atoms with Gasteiger partial charge in [0.25, 0.3) is 0 Å². The quantitative estimate of drug-likeness (QED) is 0.811. The molecule has 0 unspecified atom stereocenters. The number of benzene rings is 1. The van der Waals surface area contributed by atoms with Crippen LogP contribution in [-0.4, -0.2) is 53.8 Å². The number of methoxy groups -OCH3 is 2. The molecule has 0 radical (unpaired) electrons. The van der Waals surface area contributed by atoms with E-state index in [2.05, 4.69) is 52.1 Å². The predicted octanol–water partition coefficient (Wildman–Crippen LogP) is 3.13. The van der Waals surface area contributed by atoms with Gasteiger partial charge in [-0.3, -0.25) is 4.90 Å². The Labute approximate surface area is 172 Å². The van der Waals surface area contributed by atoms with Crippen LogP contribution in [0.5, 0.6) is 11.9 Å². The minimum Gasteiger partial charge on any atom is -0.481 e. The molecule has 2 fully saturated rings. The van der Waals surface area contributed by atoms with Crippen LogP contribution in [-0.2, 0) is 5.60 Å². The van der Waals surface area contributed by atoms with Crippen molar-refractivity contribution in [2.24, 2.45) is 11.8 Å². The van der Waals surface area contributed by atoms with Gasteiger partial charge in [-0.25, -0.2) is 4.98 Å². The lowest BCUT2D eigenvalue weighted by Gasteiger charge is -2.31. The number of likely N-dealkylation sites (tertiary alicyclic amines) is 1. The molecule has 154 valence electrons. The maximum absolute atomic E-state index is 11.7. The van der Waals surface area contributed by atoms with Crippen LogP contribution in [0.25, 0.3) is 6.08 Å². The summed E-state index contributed by atoms with van der Waals surface area (Å²) < 4.78 is 10.6. The van der Waals surface area contributed by atoms with E-state index in [0.717, 1.165) is 26.1 Å². The standard InChI is InChI=1S/C23H29N3O3/c1-16(11-17-7-5-4-6-8-17)13-26-14-18-9-10-23(27,20(18)15-26)19-12-24-22(29-3)25-21(19)28-2/h4-8,11-12,18,20,27H,9-10,13-15H2,1-3H3/t18-,20+,23+/m1/s1. The highest BCUT2D eigenvalue weighted by molar-refractivity contribution is 5.52. The highest BCUT2D eigenvalue weighted by Gasteiger charge is 2.53. The fraction of sp³-hybridized carbons (Fsp3) is 0.478. The van der Waals surface area contributed by atoms with Crippen molar-refractivity contribution in [3.63, 3.8) is 0 Å². The third-order valence-corrected chi connectivity index (χ3v) is 6.29. The maximum atomic E-state index is 11.7. The Balaban J connectivity index is 1.51. The molecule has 0 amide bonds. The topological polar surface area (TPSA) is 67.7 Å². The van der Waals surface area contributed by atoms with Gasteiger partial charge in [-0.05, 0) is 31.2 Å². The molecule has 6 heteroatoms. The first-order valence-corrected chi connectivity index (χ1v) is 10.2. The Kier molecular flexibility index (Phi) is 5.56. The Morgan fingerprint density at radius 3 is 2.76 bits per heavy atom. The molecule has 1 aliphatic heterocycles. The van der Waals surface area contributed by atoms with Crippen LogP contribution in [0.1, 0.15) is 30.9 Å². The Morgan fingerprint density at radius 2 is 2.03 bits per heavy atom. The van der Waals surface area contributed by atoms with Crippen molar-refractivity contribution in [1.82, 2.24) is 14.9 Å². The first-order valence-electron chi connectivity index (χ1n) is 10.2. The molecular weight excluding hydrogens is 366 g/mol. The van der Waals surface area contributed by atoms with Crippen molar-refractivity contribution in [3.05, 3.63) is 53.2 Å². The molecule has 1 saturated heterocycles. The van der Waals surface area contributed by atoms with Gasteiger partial charge in [0.05, 0.1) is 19.8 Å². The third kappa shape index (κ3) is 3.87. The summed E-state index contributed by atoms with van der Waals surface area (Å²) in [6.07, 6.45) is 5.60. The summed E-state index contributed by atoms with van der Waals surface area (Å²) in [4.78, 5) is 11.0. The van der Waals surface area contributed by atoms with Gasteiger partial charge in [0, 0.05) is 31.7 Å². The van der Waals surface area contributed by atoms with Gasteiger partial charge in [0.1, 0.15) is 5.60 Å². The van der Waals surface area contributed by atoms with E-state index in [1.807, 2.05) is 6.07 Å². The summed E-state index contributed by atoms with van der Waals surface area (Å²) >= 11 is 0. The molecule has 1 saturated carbocycles. The molecule has 29 heavy (non-hydrogen) atoms. The summed E-state index contributed by atoms with van der Waals surface area (Å²) in [7, 11) is 3.09. The van der Waals surface area contributed by atoms with Crippen molar-refractivity contribution in [2.75, 3.05) is 33.9 Å². The summed E-state index contributed by atoms with van der Waals surface area (Å²) in [6.45, 7) is 4.95. The summed E-state index contributed by atoms with van der Waals surface area (Å²) in [5.74, 6) is 1.02. The zero-order chi connectivity index (χ0) is 20.4. The van der Waals surface area contributed by atoms with E-state index in [4.69, 9.17) is 9.47 Å². The molecule has 2 aliphatic rings. The van der Waals surface area contributed by atoms with Crippen LogP contribution >= 0.6 is 0 Å². The van der Waals surface area contributed by atoms with E-state index in [0.29, 0.717) is 23.8 Å². The molecule has 2 aromatic rings. The summed E-state index contributed by atoms with van der Waals surface area (Å²) in [5.41, 5.74) is 2.26. The second-order valence-corrected chi connectivity index (χ2v) is 8.20. The highest BCUT2D eigenvalue weighted by atomic mass is 16.5. The van der Waals surface area contributed by atoms with Crippen molar-refractivity contribution >= 4 is 6.08 Å². The van der Waals surface area contributed by atoms with Crippen LogP contribution in [0.3, 0.4) is 0 Å². The molecular formula is C23H29N3O3. The average molecular weight is 396 g/mol. The number of fused-ring (bicyclic) bond motifs is 1. The lowest BCUT2D eigenvalue weighted by molar-refractivity contribution is -0.00908. The van der Waals surface area contributed by atoms with E-state index in [9.17, 15) is 5.11 Å². The van der Waals surface area contributed by atoms with Crippen LogP contribution in [0, 0.1) is 11.8 Å². The van der Waals surface area contributed by atoms with Gasteiger partial charge in [-0.15, -0.1) is 0 Å². The fourth-order valence-corrected chi connectivity index (χ4v) is 4.98. The van der Waals surface area contributed by atoms with Crippen LogP contribution < -0.4 is 9.47 Å². The number of nitrogens with zero attached hydrogens (tertiary/aromatic N) is 3. The largest absolute Gasteiger partial charge is 0.481 e. The minimum atomic E-state index is -0.964. The molecule has 4 rings (SSSR count).